The van der Waals surface area contributed by atoms with Crippen molar-refractivity contribution >= 4 is 17.1 Å². The number of rotatable bonds is 2. The van der Waals surface area contributed by atoms with Gasteiger partial charge in [-0.3, -0.25) is 4.79 Å². The lowest BCUT2D eigenvalue weighted by Gasteiger charge is -2.25. The minimum absolute atomic E-state index is 0.294. The number of hydrogen-bond donors (Lipinski definition) is 0. The van der Waals surface area contributed by atoms with Gasteiger partial charge in [-0.05, 0) is 31.7 Å². The van der Waals surface area contributed by atoms with Crippen molar-refractivity contribution in [2.75, 3.05) is 0 Å². The molecule has 1 aromatic rings. The first-order valence-corrected chi connectivity index (χ1v) is 6.64. The van der Waals surface area contributed by atoms with Crippen LogP contribution in [0, 0.1) is 18.8 Å². The van der Waals surface area contributed by atoms with E-state index in [0.29, 0.717) is 11.7 Å². The molecule has 1 aromatic heterocycles. The molecule has 0 spiro atoms. The van der Waals surface area contributed by atoms with Crippen LogP contribution in [-0.2, 0) is 0 Å². The van der Waals surface area contributed by atoms with Crippen LogP contribution >= 0.6 is 11.3 Å². The molecule has 2 heteroatoms. The van der Waals surface area contributed by atoms with E-state index in [0.717, 1.165) is 24.3 Å². The van der Waals surface area contributed by atoms with Crippen molar-refractivity contribution in [2.45, 2.75) is 39.5 Å². The van der Waals surface area contributed by atoms with Gasteiger partial charge in [0.2, 0.25) is 0 Å². The van der Waals surface area contributed by atoms with Crippen molar-refractivity contribution in [3.05, 3.63) is 21.9 Å². The van der Waals surface area contributed by atoms with Crippen LogP contribution in [0.4, 0.5) is 0 Å². The lowest BCUT2D eigenvalue weighted by molar-refractivity contribution is 0.0869. The largest absolute Gasteiger partial charge is 0.294 e. The fourth-order valence-electron chi connectivity index (χ4n) is 2.48. The Morgan fingerprint density at radius 1 is 1.47 bits per heavy atom. The average Bonchev–Trinajstić information content (AvgIpc) is 2.64. The second kappa shape index (κ2) is 4.48. The molecule has 2 unspecified atom stereocenters. The second-order valence-electron chi connectivity index (χ2n) is 4.78. The summed E-state index contributed by atoms with van der Waals surface area (Å²) in [5.74, 6) is 1.40. The Morgan fingerprint density at radius 3 is 2.87 bits per heavy atom. The van der Waals surface area contributed by atoms with E-state index in [1.807, 2.05) is 11.4 Å². The van der Waals surface area contributed by atoms with Crippen LogP contribution in [0.2, 0.25) is 0 Å². The van der Waals surface area contributed by atoms with Gasteiger partial charge in [-0.2, -0.15) is 0 Å². The number of hydrogen-bond acceptors (Lipinski definition) is 2. The lowest BCUT2D eigenvalue weighted by Crippen LogP contribution is -2.21. The highest BCUT2D eigenvalue weighted by Gasteiger charge is 2.26. The standard InChI is InChI=1S/C13H18OS/c1-9-4-3-5-11(6-9)13(14)12-7-10(2)15-8-12/h7-9,11H,3-6H2,1-2H3. The summed E-state index contributed by atoms with van der Waals surface area (Å²) in [4.78, 5) is 13.4. The maximum absolute atomic E-state index is 12.2. The van der Waals surface area contributed by atoms with Gasteiger partial charge in [0.05, 0.1) is 0 Å². The third-order valence-corrected chi connectivity index (χ3v) is 4.18. The molecule has 1 saturated carbocycles. The van der Waals surface area contributed by atoms with Gasteiger partial charge < -0.3 is 0 Å². The second-order valence-corrected chi connectivity index (χ2v) is 5.89. The topological polar surface area (TPSA) is 17.1 Å². The quantitative estimate of drug-likeness (QED) is 0.689. The van der Waals surface area contributed by atoms with Crippen LogP contribution in [0.1, 0.15) is 47.8 Å². The zero-order valence-corrected chi connectivity index (χ0v) is 10.3. The molecular weight excluding hydrogens is 204 g/mol. The Balaban J connectivity index is 2.07. The molecule has 1 aliphatic rings. The minimum Gasteiger partial charge on any atom is -0.294 e. The summed E-state index contributed by atoms with van der Waals surface area (Å²) in [6.07, 6.45) is 4.71. The number of Topliss-reactive ketones (excluding diaryl/α,β-unsaturated/α-hetero) is 1. The molecular formula is C13H18OS. The maximum Gasteiger partial charge on any atom is 0.166 e. The first-order chi connectivity index (χ1) is 7.16. The third kappa shape index (κ3) is 2.49. The van der Waals surface area contributed by atoms with Crippen molar-refractivity contribution < 1.29 is 4.79 Å². The molecule has 1 fully saturated rings. The van der Waals surface area contributed by atoms with Crippen molar-refractivity contribution in [2.24, 2.45) is 11.8 Å². The smallest absolute Gasteiger partial charge is 0.166 e. The number of ketones is 1. The Morgan fingerprint density at radius 2 is 2.27 bits per heavy atom. The fourth-order valence-corrected chi connectivity index (χ4v) is 3.17. The highest BCUT2D eigenvalue weighted by molar-refractivity contribution is 7.10. The monoisotopic (exact) mass is 222 g/mol. The van der Waals surface area contributed by atoms with Crippen LogP contribution in [-0.4, -0.2) is 5.78 Å². The zero-order chi connectivity index (χ0) is 10.8. The molecule has 2 rings (SSSR count). The van der Waals surface area contributed by atoms with Gasteiger partial charge >= 0.3 is 0 Å². The first kappa shape index (κ1) is 10.9. The van der Waals surface area contributed by atoms with Crippen molar-refractivity contribution in [1.82, 2.24) is 0 Å². The summed E-state index contributed by atoms with van der Waals surface area (Å²) in [6.45, 7) is 4.32. The molecule has 0 bridgehead atoms. The number of carbonyl (C=O) groups is 1. The molecule has 0 saturated heterocycles. The maximum atomic E-state index is 12.2. The summed E-state index contributed by atoms with van der Waals surface area (Å²) < 4.78 is 0. The van der Waals surface area contributed by atoms with E-state index in [4.69, 9.17) is 0 Å². The van der Waals surface area contributed by atoms with Crippen LogP contribution in [0.15, 0.2) is 11.4 Å². The van der Waals surface area contributed by atoms with E-state index in [1.165, 1.54) is 17.7 Å². The van der Waals surface area contributed by atoms with Crippen LogP contribution in [0.25, 0.3) is 0 Å². The molecule has 1 nitrogen and oxygen atoms in total. The minimum atomic E-state index is 0.294. The molecule has 0 N–H and O–H groups in total. The Labute approximate surface area is 95.5 Å². The summed E-state index contributed by atoms with van der Waals surface area (Å²) in [5, 5.41) is 2.01. The van der Waals surface area contributed by atoms with Gasteiger partial charge in [-0.25, -0.2) is 0 Å². The molecule has 0 aromatic carbocycles. The Kier molecular flexibility index (Phi) is 3.25. The van der Waals surface area contributed by atoms with Gasteiger partial charge in [0.15, 0.2) is 5.78 Å². The Hall–Kier alpha value is -0.630. The third-order valence-electron chi connectivity index (χ3n) is 3.32. The van der Waals surface area contributed by atoms with Gasteiger partial charge in [0.25, 0.3) is 0 Å². The summed E-state index contributed by atoms with van der Waals surface area (Å²) in [6, 6.07) is 2.03. The van der Waals surface area contributed by atoms with Gasteiger partial charge in [-0.1, -0.05) is 19.8 Å². The molecule has 1 heterocycles. The van der Waals surface area contributed by atoms with Crippen LogP contribution in [0.5, 0.6) is 0 Å². The normalized spacial score (nSPS) is 26.5. The summed E-state index contributed by atoms with van der Waals surface area (Å²) >= 11 is 1.68. The molecule has 0 amide bonds. The molecule has 82 valence electrons. The number of carbonyl (C=O) groups excluding carboxylic acids is 1. The van der Waals surface area contributed by atoms with E-state index in [-0.39, 0.29) is 0 Å². The average molecular weight is 222 g/mol. The van der Waals surface area contributed by atoms with Crippen molar-refractivity contribution in [1.29, 1.82) is 0 Å². The van der Waals surface area contributed by atoms with Gasteiger partial charge in [0.1, 0.15) is 0 Å². The van der Waals surface area contributed by atoms with E-state index in [9.17, 15) is 4.79 Å². The van der Waals surface area contributed by atoms with E-state index in [1.54, 1.807) is 11.3 Å². The van der Waals surface area contributed by atoms with E-state index >= 15 is 0 Å². The fraction of sp³-hybridized carbons (Fsp3) is 0.615. The van der Waals surface area contributed by atoms with E-state index < -0.39 is 0 Å². The van der Waals surface area contributed by atoms with Crippen LogP contribution < -0.4 is 0 Å². The highest BCUT2D eigenvalue weighted by atomic mass is 32.1. The van der Waals surface area contributed by atoms with Crippen molar-refractivity contribution in [3.8, 4) is 0 Å². The first-order valence-electron chi connectivity index (χ1n) is 5.76. The lowest BCUT2D eigenvalue weighted by atomic mass is 9.79. The zero-order valence-electron chi connectivity index (χ0n) is 9.45. The molecule has 0 radical (unpaired) electrons. The van der Waals surface area contributed by atoms with Gasteiger partial charge in [0, 0.05) is 21.7 Å². The number of aryl methyl sites for hydroxylation is 1. The summed E-state index contributed by atoms with van der Waals surface area (Å²) in [5.41, 5.74) is 0.941. The van der Waals surface area contributed by atoms with Crippen LogP contribution in [0.3, 0.4) is 0 Å². The Bertz CT molecular complexity index is 353. The molecule has 0 aliphatic heterocycles. The predicted molar refractivity (Wildman–Crippen MR) is 64.5 cm³/mol. The van der Waals surface area contributed by atoms with E-state index in [2.05, 4.69) is 13.8 Å². The molecule has 15 heavy (non-hydrogen) atoms. The predicted octanol–water partition coefficient (Wildman–Crippen LogP) is 4.07. The highest BCUT2D eigenvalue weighted by Crippen LogP contribution is 2.31. The molecule has 2 atom stereocenters. The molecule has 1 aliphatic carbocycles. The number of thiophene rings is 1. The van der Waals surface area contributed by atoms with Gasteiger partial charge in [-0.15, -0.1) is 11.3 Å². The van der Waals surface area contributed by atoms with Crippen molar-refractivity contribution in [3.63, 3.8) is 0 Å². The SMILES string of the molecule is Cc1cc(C(=O)C2CCCC(C)C2)cs1. The summed E-state index contributed by atoms with van der Waals surface area (Å²) in [7, 11) is 0.